The van der Waals surface area contributed by atoms with Crippen molar-refractivity contribution in [2.45, 2.75) is 13.5 Å². The van der Waals surface area contributed by atoms with Crippen LogP contribution in [0, 0.1) is 6.92 Å². The lowest BCUT2D eigenvalue weighted by atomic mass is 10.1. The molecule has 0 saturated heterocycles. The van der Waals surface area contributed by atoms with E-state index in [1.807, 2.05) is 55.5 Å². The Morgan fingerprint density at radius 3 is 2.42 bits per heavy atom. The number of rotatable bonds is 3. The maximum atomic E-state index is 12.4. The van der Waals surface area contributed by atoms with Gasteiger partial charge in [0, 0.05) is 24.8 Å². The summed E-state index contributed by atoms with van der Waals surface area (Å²) in [4.78, 5) is 14.0. The lowest BCUT2D eigenvalue weighted by molar-refractivity contribution is 0.0993. The molecule has 0 heterocycles. The Morgan fingerprint density at radius 2 is 1.84 bits per heavy atom. The predicted molar refractivity (Wildman–Crippen MR) is 78.2 cm³/mol. The summed E-state index contributed by atoms with van der Waals surface area (Å²) in [5.74, 6) is -0.0100. The normalized spacial score (nSPS) is 10.3. The molecule has 0 unspecified atom stereocenters. The number of hydrogen-bond acceptors (Lipinski definition) is 2. The van der Waals surface area contributed by atoms with Gasteiger partial charge in [-0.2, -0.15) is 0 Å². The number of amides is 1. The zero-order valence-electron chi connectivity index (χ0n) is 11.3. The van der Waals surface area contributed by atoms with E-state index in [0.717, 1.165) is 16.8 Å². The molecule has 0 aromatic heterocycles. The summed E-state index contributed by atoms with van der Waals surface area (Å²) >= 11 is 0. The smallest absolute Gasteiger partial charge is 0.258 e. The summed E-state index contributed by atoms with van der Waals surface area (Å²) in [6, 6.07) is 15.3. The molecule has 0 aliphatic carbocycles. The molecule has 0 radical (unpaired) electrons. The van der Waals surface area contributed by atoms with E-state index in [1.54, 1.807) is 11.9 Å². The number of aryl methyl sites for hydroxylation is 1. The third-order valence-corrected chi connectivity index (χ3v) is 3.13. The maximum absolute atomic E-state index is 12.4. The largest absolute Gasteiger partial charge is 0.326 e. The molecule has 0 fully saturated rings. The van der Waals surface area contributed by atoms with Gasteiger partial charge in [-0.25, -0.2) is 0 Å². The van der Waals surface area contributed by atoms with Crippen LogP contribution in [0.3, 0.4) is 0 Å². The number of hydrogen-bond donors (Lipinski definition) is 1. The summed E-state index contributed by atoms with van der Waals surface area (Å²) in [6.45, 7) is 2.49. The first-order valence-corrected chi connectivity index (χ1v) is 6.25. The summed E-state index contributed by atoms with van der Waals surface area (Å²) in [7, 11) is 1.78. The topological polar surface area (TPSA) is 46.3 Å². The quantitative estimate of drug-likeness (QED) is 0.915. The van der Waals surface area contributed by atoms with E-state index in [2.05, 4.69) is 0 Å². The molecule has 0 aliphatic rings. The lowest BCUT2D eigenvalue weighted by Gasteiger charge is -2.18. The fourth-order valence-corrected chi connectivity index (χ4v) is 1.94. The molecule has 0 aliphatic heterocycles. The molecule has 0 spiro atoms. The highest BCUT2D eigenvalue weighted by atomic mass is 16.2. The fourth-order valence-electron chi connectivity index (χ4n) is 1.94. The summed E-state index contributed by atoms with van der Waals surface area (Å²) < 4.78 is 0. The highest BCUT2D eigenvalue weighted by Gasteiger charge is 2.13. The van der Waals surface area contributed by atoms with Crippen LogP contribution in [-0.4, -0.2) is 13.0 Å². The summed E-state index contributed by atoms with van der Waals surface area (Å²) in [6.07, 6.45) is 0. The van der Waals surface area contributed by atoms with Crippen LogP contribution >= 0.6 is 0 Å². The molecular weight excluding hydrogens is 236 g/mol. The lowest BCUT2D eigenvalue weighted by Crippen LogP contribution is -2.26. The van der Waals surface area contributed by atoms with E-state index >= 15 is 0 Å². The Hall–Kier alpha value is -2.13. The SMILES string of the molecule is Cc1cccc(C(=O)N(C)c2ccc(CN)cc2)c1. The van der Waals surface area contributed by atoms with Crippen LogP contribution < -0.4 is 10.6 Å². The van der Waals surface area contributed by atoms with Crippen LogP contribution in [-0.2, 0) is 6.54 Å². The summed E-state index contributed by atoms with van der Waals surface area (Å²) in [5.41, 5.74) is 9.26. The number of nitrogens with zero attached hydrogens (tertiary/aromatic N) is 1. The second-order valence-corrected chi connectivity index (χ2v) is 4.60. The molecule has 2 rings (SSSR count). The first-order chi connectivity index (χ1) is 9.11. The molecule has 1 amide bonds. The molecule has 2 aromatic carbocycles. The maximum Gasteiger partial charge on any atom is 0.258 e. The minimum absolute atomic E-state index is 0.0100. The second kappa shape index (κ2) is 5.67. The van der Waals surface area contributed by atoms with Crippen LogP contribution in [0.4, 0.5) is 5.69 Å². The van der Waals surface area contributed by atoms with Crippen molar-refractivity contribution in [3.8, 4) is 0 Å². The zero-order valence-corrected chi connectivity index (χ0v) is 11.3. The molecule has 0 bridgehead atoms. The van der Waals surface area contributed by atoms with Crippen molar-refractivity contribution in [3.05, 3.63) is 65.2 Å². The van der Waals surface area contributed by atoms with Gasteiger partial charge in [-0.1, -0.05) is 29.8 Å². The molecule has 3 nitrogen and oxygen atoms in total. The highest BCUT2D eigenvalue weighted by Crippen LogP contribution is 2.17. The van der Waals surface area contributed by atoms with Gasteiger partial charge >= 0.3 is 0 Å². The Kier molecular flexibility index (Phi) is 3.97. The number of carbonyl (C=O) groups is 1. The third kappa shape index (κ3) is 3.01. The Labute approximate surface area is 113 Å². The van der Waals surface area contributed by atoms with Crippen LogP contribution in [0.15, 0.2) is 48.5 Å². The van der Waals surface area contributed by atoms with Gasteiger partial charge < -0.3 is 10.6 Å². The van der Waals surface area contributed by atoms with E-state index in [4.69, 9.17) is 5.73 Å². The molecular formula is C16H18N2O. The zero-order chi connectivity index (χ0) is 13.8. The van der Waals surface area contributed by atoms with Crippen molar-refractivity contribution in [2.24, 2.45) is 5.73 Å². The standard InChI is InChI=1S/C16H18N2O/c1-12-4-3-5-14(10-12)16(19)18(2)15-8-6-13(11-17)7-9-15/h3-10H,11,17H2,1-2H3. The van der Waals surface area contributed by atoms with E-state index in [1.165, 1.54) is 0 Å². The molecule has 3 heteroatoms. The van der Waals surface area contributed by atoms with Crippen molar-refractivity contribution >= 4 is 11.6 Å². The van der Waals surface area contributed by atoms with E-state index in [9.17, 15) is 4.79 Å². The number of benzene rings is 2. The molecule has 98 valence electrons. The van der Waals surface area contributed by atoms with Gasteiger partial charge in [0.15, 0.2) is 0 Å². The average molecular weight is 254 g/mol. The van der Waals surface area contributed by atoms with Gasteiger partial charge in [0.25, 0.3) is 5.91 Å². The van der Waals surface area contributed by atoms with Gasteiger partial charge in [0.2, 0.25) is 0 Å². The number of anilines is 1. The van der Waals surface area contributed by atoms with Crippen LogP contribution in [0.5, 0.6) is 0 Å². The van der Waals surface area contributed by atoms with E-state index in [-0.39, 0.29) is 5.91 Å². The minimum atomic E-state index is -0.0100. The van der Waals surface area contributed by atoms with Crippen molar-refractivity contribution in [1.82, 2.24) is 0 Å². The number of nitrogens with two attached hydrogens (primary N) is 1. The Morgan fingerprint density at radius 1 is 1.16 bits per heavy atom. The van der Waals surface area contributed by atoms with Gasteiger partial charge in [0.1, 0.15) is 0 Å². The molecule has 0 atom stereocenters. The third-order valence-electron chi connectivity index (χ3n) is 3.13. The monoisotopic (exact) mass is 254 g/mol. The second-order valence-electron chi connectivity index (χ2n) is 4.60. The molecule has 19 heavy (non-hydrogen) atoms. The van der Waals surface area contributed by atoms with Gasteiger partial charge in [-0.15, -0.1) is 0 Å². The Bertz CT molecular complexity index is 576. The van der Waals surface area contributed by atoms with Gasteiger partial charge in [-0.3, -0.25) is 4.79 Å². The predicted octanol–water partition coefficient (Wildman–Crippen LogP) is 2.73. The van der Waals surface area contributed by atoms with Gasteiger partial charge in [-0.05, 0) is 36.8 Å². The van der Waals surface area contributed by atoms with E-state index in [0.29, 0.717) is 12.1 Å². The van der Waals surface area contributed by atoms with Crippen molar-refractivity contribution in [1.29, 1.82) is 0 Å². The summed E-state index contributed by atoms with van der Waals surface area (Å²) in [5, 5.41) is 0. The van der Waals surface area contributed by atoms with Crippen LogP contribution in [0.1, 0.15) is 21.5 Å². The van der Waals surface area contributed by atoms with Crippen LogP contribution in [0.2, 0.25) is 0 Å². The van der Waals surface area contributed by atoms with Crippen molar-refractivity contribution in [3.63, 3.8) is 0 Å². The first-order valence-electron chi connectivity index (χ1n) is 6.25. The molecule has 0 saturated carbocycles. The average Bonchev–Trinajstić information content (AvgIpc) is 2.46. The fraction of sp³-hybridized carbons (Fsp3) is 0.188. The Balaban J connectivity index is 2.23. The highest BCUT2D eigenvalue weighted by molar-refractivity contribution is 6.05. The van der Waals surface area contributed by atoms with Crippen LogP contribution in [0.25, 0.3) is 0 Å². The van der Waals surface area contributed by atoms with Gasteiger partial charge in [0.05, 0.1) is 0 Å². The van der Waals surface area contributed by atoms with E-state index < -0.39 is 0 Å². The first kappa shape index (κ1) is 13.3. The minimum Gasteiger partial charge on any atom is -0.326 e. The van der Waals surface area contributed by atoms with Crippen molar-refractivity contribution < 1.29 is 4.79 Å². The molecule has 2 N–H and O–H groups in total. The molecule has 2 aromatic rings. The number of carbonyl (C=O) groups excluding carboxylic acids is 1. The van der Waals surface area contributed by atoms with Crippen molar-refractivity contribution in [2.75, 3.05) is 11.9 Å².